The smallest absolute Gasteiger partial charge is 0.342 e. The lowest BCUT2D eigenvalue weighted by atomic mass is 10.0. The molecule has 0 spiro atoms. The molecular weight excluding hydrogens is 184 g/mol. The summed E-state index contributed by atoms with van der Waals surface area (Å²) in [6.07, 6.45) is 0. The molecule has 1 aromatic carbocycles. The van der Waals surface area contributed by atoms with E-state index in [2.05, 4.69) is 0 Å². The molecule has 14 heavy (non-hydrogen) atoms. The van der Waals surface area contributed by atoms with Gasteiger partial charge in [-0.25, -0.2) is 4.79 Å². The number of carbonyl (C=O) groups excluding carboxylic acids is 1. The van der Waals surface area contributed by atoms with Gasteiger partial charge in [0.2, 0.25) is 0 Å². The number of benzene rings is 1. The number of ether oxygens (including phenoxy) is 2. The van der Waals surface area contributed by atoms with Crippen LogP contribution in [0.15, 0.2) is 6.07 Å². The summed E-state index contributed by atoms with van der Waals surface area (Å²) in [7, 11) is 1.52. The van der Waals surface area contributed by atoms with Crippen LogP contribution in [-0.4, -0.2) is 18.2 Å². The zero-order valence-electron chi connectivity index (χ0n) is 7.96. The van der Waals surface area contributed by atoms with Gasteiger partial charge in [-0.15, -0.1) is 0 Å². The third-order valence-electron chi connectivity index (χ3n) is 2.37. The summed E-state index contributed by atoms with van der Waals surface area (Å²) in [5.74, 6) is 0.0599. The molecule has 0 amide bonds. The van der Waals surface area contributed by atoms with Gasteiger partial charge in [0.25, 0.3) is 0 Å². The Bertz CT molecular complexity index is 409. The van der Waals surface area contributed by atoms with Crippen molar-refractivity contribution < 1.29 is 19.4 Å². The standard InChI is InChI=1S/C10H10O4/c1-5-7(13-2)3-6-4-14-10(12)8(6)9(5)11/h3,11H,4H2,1-2H3. The molecule has 0 radical (unpaired) electrons. The summed E-state index contributed by atoms with van der Waals surface area (Å²) >= 11 is 0. The molecule has 2 rings (SSSR count). The van der Waals surface area contributed by atoms with E-state index < -0.39 is 5.97 Å². The Kier molecular flexibility index (Phi) is 1.84. The minimum atomic E-state index is -0.469. The molecule has 0 unspecified atom stereocenters. The number of phenols is 1. The van der Waals surface area contributed by atoms with Crippen LogP contribution in [0.3, 0.4) is 0 Å². The number of hydrogen-bond acceptors (Lipinski definition) is 4. The molecule has 1 aromatic rings. The van der Waals surface area contributed by atoms with Crippen LogP contribution in [-0.2, 0) is 11.3 Å². The average Bonchev–Trinajstić information content (AvgIpc) is 2.54. The van der Waals surface area contributed by atoms with Crippen molar-refractivity contribution in [1.82, 2.24) is 0 Å². The van der Waals surface area contributed by atoms with Crippen molar-refractivity contribution in [3.05, 3.63) is 22.8 Å². The first-order valence-corrected chi connectivity index (χ1v) is 4.21. The van der Waals surface area contributed by atoms with Crippen LogP contribution in [0.2, 0.25) is 0 Å². The number of fused-ring (bicyclic) bond motifs is 1. The van der Waals surface area contributed by atoms with Gasteiger partial charge >= 0.3 is 5.97 Å². The number of rotatable bonds is 1. The van der Waals surface area contributed by atoms with Gasteiger partial charge in [-0.1, -0.05) is 0 Å². The van der Waals surface area contributed by atoms with E-state index in [1.807, 2.05) is 0 Å². The lowest BCUT2D eigenvalue weighted by Gasteiger charge is -2.08. The van der Waals surface area contributed by atoms with E-state index in [0.29, 0.717) is 16.9 Å². The van der Waals surface area contributed by atoms with E-state index in [-0.39, 0.29) is 17.9 Å². The van der Waals surface area contributed by atoms with Crippen molar-refractivity contribution in [3.63, 3.8) is 0 Å². The van der Waals surface area contributed by atoms with Gasteiger partial charge in [-0.3, -0.25) is 0 Å². The molecule has 74 valence electrons. The SMILES string of the molecule is COc1cc2c(c(O)c1C)C(=O)OC2. The van der Waals surface area contributed by atoms with Crippen LogP contribution in [0, 0.1) is 6.92 Å². The fourth-order valence-corrected chi connectivity index (χ4v) is 1.56. The van der Waals surface area contributed by atoms with Gasteiger partial charge in [0, 0.05) is 11.1 Å². The van der Waals surface area contributed by atoms with E-state index in [9.17, 15) is 9.90 Å². The molecule has 0 saturated carbocycles. The lowest BCUT2D eigenvalue weighted by Crippen LogP contribution is -1.97. The van der Waals surface area contributed by atoms with E-state index >= 15 is 0 Å². The van der Waals surface area contributed by atoms with E-state index in [0.717, 1.165) is 0 Å². The minimum absolute atomic E-state index is 0.0400. The third kappa shape index (κ3) is 1.04. The predicted molar refractivity (Wildman–Crippen MR) is 48.5 cm³/mol. The molecule has 1 N–H and O–H groups in total. The van der Waals surface area contributed by atoms with Crippen LogP contribution in [0.4, 0.5) is 0 Å². The van der Waals surface area contributed by atoms with E-state index in [1.54, 1.807) is 13.0 Å². The molecule has 4 nitrogen and oxygen atoms in total. The van der Waals surface area contributed by atoms with Gasteiger partial charge in [0.15, 0.2) is 0 Å². The summed E-state index contributed by atoms with van der Waals surface area (Å²) in [5.41, 5.74) is 1.50. The number of esters is 1. The van der Waals surface area contributed by atoms with Gasteiger partial charge in [0.05, 0.1) is 7.11 Å². The molecule has 0 bridgehead atoms. The monoisotopic (exact) mass is 194 g/mol. The molecule has 4 heteroatoms. The van der Waals surface area contributed by atoms with Crippen molar-refractivity contribution >= 4 is 5.97 Å². The lowest BCUT2D eigenvalue weighted by molar-refractivity contribution is 0.0533. The van der Waals surface area contributed by atoms with Crippen molar-refractivity contribution in [2.45, 2.75) is 13.5 Å². The molecule has 1 aliphatic heterocycles. The normalized spacial score (nSPS) is 13.7. The molecule has 0 aliphatic carbocycles. The summed E-state index contributed by atoms with van der Waals surface area (Å²) in [5, 5.41) is 9.72. The fourth-order valence-electron chi connectivity index (χ4n) is 1.56. The zero-order chi connectivity index (χ0) is 10.3. The zero-order valence-corrected chi connectivity index (χ0v) is 7.96. The van der Waals surface area contributed by atoms with Crippen LogP contribution in [0.25, 0.3) is 0 Å². The Morgan fingerprint density at radius 1 is 1.57 bits per heavy atom. The Morgan fingerprint density at radius 2 is 2.29 bits per heavy atom. The predicted octanol–water partition coefficient (Wildman–Crippen LogP) is 1.38. The largest absolute Gasteiger partial charge is 0.507 e. The first kappa shape index (κ1) is 8.87. The Hall–Kier alpha value is -1.71. The summed E-state index contributed by atoms with van der Waals surface area (Å²) in [6.45, 7) is 1.90. The fraction of sp³-hybridized carbons (Fsp3) is 0.300. The van der Waals surface area contributed by atoms with E-state index in [1.165, 1.54) is 7.11 Å². The maximum Gasteiger partial charge on any atom is 0.342 e. The summed E-state index contributed by atoms with van der Waals surface area (Å²) in [4.78, 5) is 11.2. The molecule has 0 aromatic heterocycles. The van der Waals surface area contributed by atoms with Crippen LogP contribution in [0.5, 0.6) is 11.5 Å². The molecular formula is C10H10O4. The highest BCUT2D eigenvalue weighted by atomic mass is 16.5. The number of aromatic hydroxyl groups is 1. The van der Waals surface area contributed by atoms with Gasteiger partial charge in [-0.05, 0) is 13.0 Å². The summed E-state index contributed by atoms with van der Waals surface area (Å²) < 4.78 is 9.86. The highest BCUT2D eigenvalue weighted by Gasteiger charge is 2.27. The highest BCUT2D eigenvalue weighted by molar-refractivity contribution is 5.97. The molecule has 1 aliphatic rings. The summed E-state index contributed by atoms with van der Waals surface area (Å²) in [6, 6.07) is 1.72. The van der Waals surface area contributed by atoms with Crippen molar-refractivity contribution in [1.29, 1.82) is 0 Å². The van der Waals surface area contributed by atoms with Gasteiger partial charge < -0.3 is 14.6 Å². The minimum Gasteiger partial charge on any atom is -0.507 e. The van der Waals surface area contributed by atoms with Gasteiger partial charge in [0.1, 0.15) is 23.7 Å². The highest BCUT2D eigenvalue weighted by Crippen LogP contribution is 2.37. The Labute approximate surface area is 81.1 Å². The molecule has 0 fully saturated rings. The average molecular weight is 194 g/mol. The van der Waals surface area contributed by atoms with Crippen LogP contribution < -0.4 is 4.74 Å². The third-order valence-corrected chi connectivity index (χ3v) is 2.37. The molecule has 0 saturated heterocycles. The van der Waals surface area contributed by atoms with E-state index in [4.69, 9.17) is 9.47 Å². The number of phenolic OH excluding ortho intramolecular Hbond substituents is 1. The number of hydrogen-bond donors (Lipinski definition) is 1. The number of methoxy groups -OCH3 is 1. The maximum atomic E-state index is 11.2. The first-order valence-electron chi connectivity index (χ1n) is 4.21. The number of cyclic esters (lactones) is 1. The maximum absolute atomic E-state index is 11.2. The van der Waals surface area contributed by atoms with Crippen molar-refractivity contribution in [2.75, 3.05) is 7.11 Å². The molecule has 0 atom stereocenters. The van der Waals surface area contributed by atoms with Crippen LogP contribution in [0.1, 0.15) is 21.5 Å². The number of carbonyl (C=O) groups is 1. The Balaban J connectivity index is 2.69. The topological polar surface area (TPSA) is 55.8 Å². The first-order chi connectivity index (χ1) is 6.65. The van der Waals surface area contributed by atoms with Crippen molar-refractivity contribution in [2.24, 2.45) is 0 Å². The van der Waals surface area contributed by atoms with Crippen molar-refractivity contribution in [3.8, 4) is 11.5 Å². The molecule has 1 heterocycles. The van der Waals surface area contributed by atoms with Crippen LogP contribution >= 0.6 is 0 Å². The second kappa shape index (κ2) is 2.90. The Morgan fingerprint density at radius 3 is 2.93 bits per heavy atom. The second-order valence-corrected chi connectivity index (χ2v) is 3.16. The van der Waals surface area contributed by atoms with Gasteiger partial charge in [-0.2, -0.15) is 0 Å². The second-order valence-electron chi connectivity index (χ2n) is 3.16. The quantitative estimate of drug-likeness (QED) is 0.686.